The maximum Gasteiger partial charge on any atom is 0.257 e. The van der Waals surface area contributed by atoms with E-state index in [4.69, 9.17) is 21.8 Å². The van der Waals surface area contributed by atoms with Crippen LogP contribution in [0.3, 0.4) is 0 Å². The molecule has 0 radical (unpaired) electrons. The van der Waals surface area contributed by atoms with Crippen molar-refractivity contribution in [3.8, 4) is 0 Å². The van der Waals surface area contributed by atoms with E-state index >= 15 is 0 Å². The highest BCUT2D eigenvalue weighted by atomic mass is 35.5. The van der Waals surface area contributed by atoms with E-state index in [0.29, 0.717) is 16.3 Å². The van der Waals surface area contributed by atoms with Gasteiger partial charge in [-0.3, -0.25) is 4.79 Å². The average molecular weight is 329 g/mol. The molecule has 1 atom stereocenters. The Balaban J connectivity index is 0.00000220. The van der Waals surface area contributed by atoms with Gasteiger partial charge in [-0.25, -0.2) is 0 Å². The molecule has 0 bridgehead atoms. The molecule has 1 amide bonds. The summed E-state index contributed by atoms with van der Waals surface area (Å²) in [6.45, 7) is 2.24. The van der Waals surface area contributed by atoms with Crippen molar-refractivity contribution in [2.75, 3.05) is 7.05 Å². The molecule has 0 saturated heterocycles. The van der Waals surface area contributed by atoms with E-state index in [1.165, 1.54) is 6.26 Å². The Morgan fingerprint density at radius 2 is 2.00 bits per heavy atom. The van der Waals surface area contributed by atoms with E-state index < -0.39 is 0 Å². The maximum atomic E-state index is 12.4. The number of hydrogen-bond donors (Lipinski definition) is 1. The summed E-state index contributed by atoms with van der Waals surface area (Å²) in [7, 11) is 1.76. The number of amides is 1. The first-order chi connectivity index (χ1) is 9.52. The lowest BCUT2D eigenvalue weighted by atomic mass is 10.1. The summed E-state index contributed by atoms with van der Waals surface area (Å²) in [6, 6.07) is 9.07. The van der Waals surface area contributed by atoms with Crippen molar-refractivity contribution < 1.29 is 9.21 Å². The van der Waals surface area contributed by atoms with Crippen LogP contribution >= 0.6 is 24.0 Å². The Morgan fingerprint density at radius 1 is 1.38 bits per heavy atom. The first-order valence-corrected chi connectivity index (χ1v) is 6.71. The van der Waals surface area contributed by atoms with Gasteiger partial charge in [0.15, 0.2) is 0 Å². The summed E-state index contributed by atoms with van der Waals surface area (Å²) >= 11 is 5.87. The number of rotatable bonds is 4. The van der Waals surface area contributed by atoms with Crippen LogP contribution in [0.15, 0.2) is 41.0 Å². The monoisotopic (exact) mass is 328 g/mol. The van der Waals surface area contributed by atoms with Crippen molar-refractivity contribution in [1.82, 2.24) is 4.90 Å². The average Bonchev–Trinajstić information content (AvgIpc) is 2.94. The minimum Gasteiger partial charge on any atom is -0.467 e. The Bertz CT molecular complexity index is 596. The largest absolute Gasteiger partial charge is 0.467 e. The fourth-order valence-corrected chi connectivity index (χ4v) is 2.07. The Labute approximate surface area is 135 Å². The van der Waals surface area contributed by atoms with Gasteiger partial charge in [-0.1, -0.05) is 23.7 Å². The van der Waals surface area contributed by atoms with Gasteiger partial charge >= 0.3 is 0 Å². The zero-order chi connectivity index (χ0) is 14.7. The number of hydrogen-bond acceptors (Lipinski definition) is 3. The maximum absolute atomic E-state index is 12.4. The molecule has 0 saturated carbocycles. The van der Waals surface area contributed by atoms with Gasteiger partial charge in [0.05, 0.1) is 18.2 Å². The van der Waals surface area contributed by atoms with Crippen LogP contribution in [-0.4, -0.2) is 17.9 Å². The number of furan rings is 1. The van der Waals surface area contributed by atoms with Gasteiger partial charge in [-0.15, -0.1) is 12.4 Å². The summed E-state index contributed by atoms with van der Waals surface area (Å²) < 4.78 is 5.20. The molecule has 1 heterocycles. The highest BCUT2D eigenvalue weighted by Gasteiger charge is 2.20. The Hall–Kier alpha value is -1.49. The minimum absolute atomic E-state index is 0. The fourth-order valence-electron chi connectivity index (χ4n) is 1.94. The van der Waals surface area contributed by atoms with Crippen LogP contribution in [-0.2, 0) is 6.54 Å². The number of benzene rings is 1. The number of nitrogens with zero attached hydrogens (tertiary/aromatic N) is 1. The van der Waals surface area contributed by atoms with Crippen LogP contribution < -0.4 is 5.73 Å². The van der Waals surface area contributed by atoms with Gasteiger partial charge in [-0.2, -0.15) is 0 Å². The SMILES string of the molecule is CC(c1ccc(Cl)cc1)N(C)C(=O)c1coc(CN)c1.Cl. The van der Waals surface area contributed by atoms with Crippen LogP contribution in [0.4, 0.5) is 0 Å². The third-order valence-electron chi connectivity index (χ3n) is 3.36. The van der Waals surface area contributed by atoms with Gasteiger partial charge in [0.25, 0.3) is 5.91 Å². The van der Waals surface area contributed by atoms with Crippen molar-refractivity contribution >= 4 is 29.9 Å². The molecule has 6 heteroatoms. The molecule has 2 aromatic rings. The van der Waals surface area contributed by atoms with E-state index in [2.05, 4.69) is 0 Å². The number of nitrogens with two attached hydrogens (primary N) is 1. The van der Waals surface area contributed by atoms with E-state index in [1.54, 1.807) is 18.0 Å². The van der Waals surface area contributed by atoms with Crippen molar-refractivity contribution in [3.05, 3.63) is 58.5 Å². The molecule has 1 aromatic heterocycles. The lowest BCUT2D eigenvalue weighted by molar-refractivity contribution is 0.0742. The van der Waals surface area contributed by atoms with Crippen LogP contribution in [0.2, 0.25) is 5.02 Å². The molecule has 4 nitrogen and oxygen atoms in total. The van der Waals surface area contributed by atoms with Crippen molar-refractivity contribution in [3.63, 3.8) is 0 Å². The quantitative estimate of drug-likeness (QED) is 0.931. The van der Waals surface area contributed by atoms with Crippen molar-refractivity contribution in [1.29, 1.82) is 0 Å². The first-order valence-electron chi connectivity index (χ1n) is 6.33. The highest BCUT2D eigenvalue weighted by Crippen LogP contribution is 2.23. The second kappa shape index (κ2) is 7.50. The molecule has 0 spiro atoms. The topological polar surface area (TPSA) is 59.5 Å². The Morgan fingerprint density at radius 3 is 2.52 bits per heavy atom. The molecule has 1 unspecified atom stereocenters. The smallest absolute Gasteiger partial charge is 0.257 e. The normalized spacial score (nSPS) is 11.6. The summed E-state index contributed by atoms with van der Waals surface area (Å²) in [4.78, 5) is 14.0. The zero-order valence-electron chi connectivity index (χ0n) is 11.9. The molecular formula is C15H18Cl2N2O2. The molecule has 2 N–H and O–H groups in total. The highest BCUT2D eigenvalue weighted by molar-refractivity contribution is 6.30. The predicted molar refractivity (Wildman–Crippen MR) is 85.8 cm³/mol. The van der Waals surface area contributed by atoms with Crippen molar-refractivity contribution in [2.24, 2.45) is 5.73 Å². The molecule has 0 aliphatic rings. The molecule has 0 aliphatic carbocycles. The van der Waals surface area contributed by atoms with E-state index in [0.717, 1.165) is 5.56 Å². The summed E-state index contributed by atoms with van der Waals surface area (Å²) in [5, 5.41) is 0.678. The lowest BCUT2D eigenvalue weighted by Gasteiger charge is -2.25. The second-order valence-electron chi connectivity index (χ2n) is 4.65. The summed E-state index contributed by atoms with van der Waals surface area (Å²) in [5.74, 6) is 0.497. The molecule has 2 rings (SSSR count). The van der Waals surface area contributed by atoms with E-state index in [-0.39, 0.29) is 30.9 Å². The van der Waals surface area contributed by atoms with Crippen molar-refractivity contribution in [2.45, 2.75) is 19.5 Å². The summed E-state index contributed by atoms with van der Waals surface area (Å²) in [5.41, 5.74) is 7.00. The molecular weight excluding hydrogens is 311 g/mol. The molecule has 0 fully saturated rings. The molecule has 1 aromatic carbocycles. The first kappa shape index (κ1) is 17.6. The third kappa shape index (κ3) is 4.00. The summed E-state index contributed by atoms with van der Waals surface area (Å²) in [6.07, 6.45) is 1.44. The lowest BCUT2D eigenvalue weighted by Crippen LogP contribution is -2.29. The Kier molecular flexibility index (Phi) is 6.27. The van der Waals surface area contributed by atoms with E-state index in [1.807, 2.05) is 31.2 Å². The second-order valence-corrected chi connectivity index (χ2v) is 5.09. The van der Waals surface area contributed by atoms with Gasteiger partial charge in [-0.05, 0) is 30.7 Å². The molecule has 21 heavy (non-hydrogen) atoms. The van der Waals surface area contributed by atoms with Gasteiger partial charge in [0.2, 0.25) is 0 Å². The van der Waals surface area contributed by atoms with Crippen LogP contribution in [0.1, 0.15) is 34.6 Å². The van der Waals surface area contributed by atoms with Crippen LogP contribution in [0.5, 0.6) is 0 Å². The molecule has 0 aliphatic heterocycles. The number of carbonyl (C=O) groups excluding carboxylic acids is 1. The fraction of sp³-hybridized carbons (Fsp3) is 0.267. The number of carbonyl (C=O) groups is 1. The molecule has 114 valence electrons. The van der Waals surface area contributed by atoms with Gasteiger partial charge in [0, 0.05) is 12.1 Å². The zero-order valence-corrected chi connectivity index (χ0v) is 13.4. The van der Waals surface area contributed by atoms with Crippen LogP contribution in [0.25, 0.3) is 0 Å². The standard InChI is InChI=1S/C15H17ClN2O2.ClH/c1-10(11-3-5-13(16)6-4-11)18(2)15(19)12-7-14(8-17)20-9-12;/h3-7,9-10H,8,17H2,1-2H3;1H. The number of halogens is 2. The van der Waals surface area contributed by atoms with Gasteiger partial charge in [0.1, 0.15) is 12.0 Å². The van der Waals surface area contributed by atoms with Gasteiger partial charge < -0.3 is 15.1 Å². The predicted octanol–water partition coefficient (Wildman–Crippen LogP) is 3.65. The minimum atomic E-state index is -0.101. The van der Waals surface area contributed by atoms with Crippen LogP contribution in [0, 0.1) is 0 Å². The van der Waals surface area contributed by atoms with E-state index in [9.17, 15) is 4.79 Å². The third-order valence-corrected chi connectivity index (χ3v) is 3.61.